The van der Waals surface area contributed by atoms with E-state index < -0.39 is 0 Å². The molecule has 2 rings (SSSR count). The molecule has 2 aromatic rings. The molecule has 6 heteroatoms. The Morgan fingerprint density at radius 2 is 2.12 bits per heavy atom. The fraction of sp³-hybridized carbons (Fsp3) is 0.364. The van der Waals surface area contributed by atoms with E-state index in [0.717, 1.165) is 24.5 Å². The van der Waals surface area contributed by atoms with Crippen LogP contribution >= 0.6 is 23.3 Å². The topological polar surface area (TPSA) is 50.7 Å². The van der Waals surface area contributed by atoms with Crippen molar-refractivity contribution in [1.29, 1.82) is 0 Å². The summed E-state index contributed by atoms with van der Waals surface area (Å²) in [6, 6.07) is 3.89. The average molecular weight is 266 g/mol. The predicted molar refractivity (Wildman–Crippen MR) is 73.4 cm³/mol. The molecule has 1 N–H and O–H groups in total. The summed E-state index contributed by atoms with van der Waals surface area (Å²) >= 11 is 3.51. The van der Waals surface area contributed by atoms with Crippen LogP contribution in [0.3, 0.4) is 0 Å². The molecule has 0 saturated heterocycles. The van der Waals surface area contributed by atoms with Gasteiger partial charge in [-0.2, -0.15) is 11.8 Å². The van der Waals surface area contributed by atoms with Crippen LogP contribution in [-0.4, -0.2) is 26.6 Å². The third-order valence-corrected chi connectivity index (χ3v) is 4.07. The minimum atomic E-state index is 0.708. The molecule has 17 heavy (non-hydrogen) atoms. The van der Waals surface area contributed by atoms with Gasteiger partial charge in [-0.15, -0.1) is 0 Å². The van der Waals surface area contributed by atoms with Gasteiger partial charge in [0.1, 0.15) is 0 Å². The molecule has 0 aliphatic carbocycles. The van der Waals surface area contributed by atoms with Crippen molar-refractivity contribution in [2.75, 3.05) is 17.6 Å². The monoisotopic (exact) mass is 266 g/mol. The summed E-state index contributed by atoms with van der Waals surface area (Å²) in [5, 5.41) is 3.19. The van der Waals surface area contributed by atoms with Crippen LogP contribution in [0.1, 0.15) is 11.3 Å². The Bertz CT molecular complexity index is 405. The van der Waals surface area contributed by atoms with Gasteiger partial charge in [-0.1, -0.05) is 0 Å². The molecule has 90 valence electrons. The molecule has 0 amide bonds. The third-order valence-electron chi connectivity index (χ3n) is 2.05. The number of nitrogens with one attached hydrogen (secondary N) is 1. The van der Waals surface area contributed by atoms with Crippen molar-refractivity contribution in [1.82, 2.24) is 14.3 Å². The van der Waals surface area contributed by atoms with E-state index in [4.69, 9.17) is 0 Å². The first-order valence-corrected chi connectivity index (χ1v) is 7.36. The lowest BCUT2D eigenvalue weighted by molar-refractivity contribution is 0.962. The summed E-state index contributed by atoms with van der Waals surface area (Å²) in [4.78, 5) is 9.55. The van der Waals surface area contributed by atoms with Gasteiger partial charge >= 0.3 is 0 Å². The maximum Gasteiger partial charge on any atom is 0.222 e. The highest BCUT2D eigenvalue weighted by Gasteiger charge is 1.96. The van der Waals surface area contributed by atoms with Gasteiger partial charge in [-0.05, 0) is 35.8 Å². The molecule has 0 fully saturated rings. The number of aromatic nitrogens is 3. The molecular formula is C11H14N4S2. The molecule has 0 spiro atoms. The summed E-state index contributed by atoms with van der Waals surface area (Å²) in [7, 11) is 0. The normalized spacial score (nSPS) is 10.4. The average Bonchev–Trinajstić information content (AvgIpc) is 2.88. The van der Waals surface area contributed by atoms with E-state index in [-0.39, 0.29) is 0 Å². The number of anilines is 1. The first-order chi connectivity index (χ1) is 8.45. The first kappa shape index (κ1) is 12.3. The van der Waals surface area contributed by atoms with Crippen molar-refractivity contribution in [3.8, 4) is 0 Å². The van der Waals surface area contributed by atoms with Crippen molar-refractivity contribution in [2.45, 2.75) is 12.2 Å². The summed E-state index contributed by atoms with van der Waals surface area (Å²) in [6.07, 6.45) is 6.46. The minimum absolute atomic E-state index is 0.708. The Labute approximate surface area is 109 Å². The molecule has 0 aromatic carbocycles. The highest BCUT2D eigenvalue weighted by atomic mass is 32.2. The fourth-order valence-electron chi connectivity index (χ4n) is 1.25. The van der Waals surface area contributed by atoms with E-state index in [1.807, 2.05) is 24.0 Å². The van der Waals surface area contributed by atoms with Crippen LogP contribution in [0.4, 0.5) is 5.95 Å². The van der Waals surface area contributed by atoms with E-state index in [1.54, 1.807) is 23.9 Å². The summed E-state index contributed by atoms with van der Waals surface area (Å²) < 4.78 is 4.08. The van der Waals surface area contributed by atoms with E-state index in [2.05, 4.69) is 25.7 Å². The van der Waals surface area contributed by atoms with Crippen molar-refractivity contribution < 1.29 is 0 Å². The van der Waals surface area contributed by atoms with Gasteiger partial charge in [-0.3, -0.25) is 0 Å². The van der Waals surface area contributed by atoms with Crippen LogP contribution in [0.15, 0.2) is 30.7 Å². The molecule has 0 aliphatic rings. The molecule has 0 saturated carbocycles. The predicted octanol–water partition coefficient (Wildman–Crippen LogP) is 2.67. The van der Waals surface area contributed by atoms with Crippen molar-refractivity contribution in [3.05, 3.63) is 35.6 Å². The van der Waals surface area contributed by atoms with E-state index in [0.29, 0.717) is 5.95 Å². The van der Waals surface area contributed by atoms with Crippen LogP contribution in [0.25, 0.3) is 0 Å². The Morgan fingerprint density at radius 1 is 1.24 bits per heavy atom. The van der Waals surface area contributed by atoms with E-state index in [9.17, 15) is 0 Å². The number of hydrogen-bond acceptors (Lipinski definition) is 6. The van der Waals surface area contributed by atoms with Gasteiger partial charge in [0.15, 0.2) is 0 Å². The van der Waals surface area contributed by atoms with Crippen LogP contribution < -0.4 is 5.32 Å². The van der Waals surface area contributed by atoms with Crippen molar-refractivity contribution >= 4 is 29.2 Å². The first-order valence-electron chi connectivity index (χ1n) is 5.43. The second-order valence-corrected chi connectivity index (χ2v) is 5.41. The Hall–Kier alpha value is -1.14. The molecule has 0 bridgehead atoms. The zero-order chi connectivity index (χ0) is 11.8. The molecule has 4 nitrogen and oxygen atoms in total. The second kappa shape index (κ2) is 7.24. The van der Waals surface area contributed by atoms with Crippen LogP contribution in [0.2, 0.25) is 0 Å². The lowest BCUT2D eigenvalue weighted by Gasteiger charge is -2.03. The molecule has 0 radical (unpaired) electrons. The molecule has 0 aliphatic heterocycles. The maximum atomic E-state index is 4.10. The Kier molecular flexibility index (Phi) is 5.25. The summed E-state index contributed by atoms with van der Waals surface area (Å²) in [5.41, 5.74) is 0. The number of rotatable bonds is 7. The number of thioether (sulfide) groups is 1. The lowest BCUT2D eigenvalue weighted by Crippen LogP contribution is -2.05. The maximum absolute atomic E-state index is 4.10. The van der Waals surface area contributed by atoms with Gasteiger partial charge < -0.3 is 5.32 Å². The summed E-state index contributed by atoms with van der Waals surface area (Å²) in [5.74, 6) is 2.91. The van der Waals surface area contributed by atoms with Gasteiger partial charge in [-0.25, -0.2) is 14.3 Å². The van der Waals surface area contributed by atoms with E-state index in [1.165, 1.54) is 4.88 Å². The largest absolute Gasteiger partial charge is 0.354 e. The highest BCUT2D eigenvalue weighted by molar-refractivity contribution is 7.98. The van der Waals surface area contributed by atoms with Crippen LogP contribution in [-0.2, 0) is 5.75 Å². The fourth-order valence-corrected chi connectivity index (χ4v) is 2.88. The standard InChI is InChI=1S/C11H14N4S2/c1-4-12-11(13-5-1)14-6-2-8-16-9-10-3-7-15-17-10/h1,3-5,7H,2,6,8-9H2,(H,12,13,14). The van der Waals surface area contributed by atoms with Gasteiger partial charge in [0.2, 0.25) is 5.95 Å². The number of nitrogens with zero attached hydrogens (tertiary/aromatic N) is 3. The van der Waals surface area contributed by atoms with Crippen LogP contribution in [0, 0.1) is 0 Å². The van der Waals surface area contributed by atoms with Crippen molar-refractivity contribution in [2.24, 2.45) is 0 Å². The van der Waals surface area contributed by atoms with Gasteiger partial charge in [0.25, 0.3) is 0 Å². The molecule has 0 atom stereocenters. The lowest BCUT2D eigenvalue weighted by atomic mass is 10.5. The molecule has 2 heterocycles. The molecular weight excluding hydrogens is 252 g/mol. The number of hydrogen-bond donors (Lipinski definition) is 1. The zero-order valence-electron chi connectivity index (χ0n) is 9.37. The van der Waals surface area contributed by atoms with E-state index >= 15 is 0 Å². The smallest absolute Gasteiger partial charge is 0.222 e. The Balaban J connectivity index is 1.52. The Morgan fingerprint density at radius 3 is 2.88 bits per heavy atom. The van der Waals surface area contributed by atoms with Crippen LogP contribution in [0.5, 0.6) is 0 Å². The zero-order valence-corrected chi connectivity index (χ0v) is 11.0. The van der Waals surface area contributed by atoms with Crippen molar-refractivity contribution in [3.63, 3.8) is 0 Å². The SMILES string of the molecule is c1cnc(NCCCSCc2ccns2)nc1. The molecule has 0 unspecified atom stereocenters. The third kappa shape index (κ3) is 4.70. The minimum Gasteiger partial charge on any atom is -0.354 e. The highest BCUT2D eigenvalue weighted by Crippen LogP contribution is 2.15. The molecule has 2 aromatic heterocycles. The van der Waals surface area contributed by atoms with Gasteiger partial charge in [0.05, 0.1) is 0 Å². The summed E-state index contributed by atoms with van der Waals surface area (Å²) in [6.45, 7) is 0.916. The van der Waals surface area contributed by atoms with Gasteiger partial charge in [0, 0.05) is 35.8 Å². The quantitative estimate of drug-likeness (QED) is 0.781. The second-order valence-electron chi connectivity index (χ2n) is 3.38.